The van der Waals surface area contributed by atoms with E-state index >= 15 is 0 Å². The third kappa shape index (κ3) is 3.65. The molecule has 19 heavy (non-hydrogen) atoms. The van der Waals surface area contributed by atoms with Crippen LogP contribution in [0.15, 0.2) is 22.7 Å². The smallest absolute Gasteiger partial charge is 0.0597 e. The zero-order valence-corrected chi connectivity index (χ0v) is 14.0. The van der Waals surface area contributed by atoms with Crippen LogP contribution in [0.25, 0.3) is 0 Å². The van der Waals surface area contributed by atoms with Crippen molar-refractivity contribution in [1.82, 2.24) is 0 Å². The molecule has 106 valence electrons. The minimum Gasteiger partial charge on any atom is -0.380 e. The maximum atomic E-state index is 3.78. The summed E-state index contributed by atoms with van der Waals surface area (Å²) in [4.78, 5) is 2.17. The number of benzene rings is 1. The van der Waals surface area contributed by atoms with Crippen LogP contribution in [0.5, 0.6) is 0 Å². The van der Waals surface area contributed by atoms with Gasteiger partial charge in [0.25, 0.3) is 0 Å². The van der Waals surface area contributed by atoms with Crippen molar-refractivity contribution in [3.63, 3.8) is 0 Å². The topological polar surface area (TPSA) is 15.3 Å². The van der Waals surface area contributed by atoms with E-state index in [1.165, 1.54) is 30.6 Å². The highest BCUT2D eigenvalue weighted by Gasteiger charge is 2.26. The van der Waals surface area contributed by atoms with Crippen molar-refractivity contribution < 1.29 is 0 Å². The molecule has 0 heterocycles. The van der Waals surface area contributed by atoms with Gasteiger partial charge in [-0.05, 0) is 42.9 Å². The predicted octanol–water partition coefficient (Wildman–Crippen LogP) is 4.75. The zero-order valence-electron chi connectivity index (χ0n) is 12.4. The van der Waals surface area contributed by atoms with E-state index in [0.29, 0.717) is 6.04 Å². The highest BCUT2D eigenvalue weighted by atomic mass is 79.9. The molecule has 1 aliphatic carbocycles. The molecule has 0 amide bonds. The van der Waals surface area contributed by atoms with Crippen molar-refractivity contribution in [3.05, 3.63) is 22.7 Å². The molecule has 1 aromatic rings. The van der Waals surface area contributed by atoms with Crippen molar-refractivity contribution in [2.75, 3.05) is 24.3 Å². The van der Waals surface area contributed by atoms with Gasteiger partial charge in [-0.25, -0.2) is 0 Å². The van der Waals surface area contributed by atoms with E-state index in [0.717, 1.165) is 16.3 Å². The van der Waals surface area contributed by atoms with Gasteiger partial charge in [-0.2, -0.15) is 0 Å². The van der Waals surface area contributed by atoms with Crippen LogP contribution in [-0.2, 0) is 0 Å². The third-order valence-electron chi connectivity index (χ3n) is 4.24. The molecule has 0 radical (unpaired) electrons. The van der Waals surface area contributed by atoms with E-state index in [1.54, 1.807) is 0 Å². The minimum atomic E-state index is 0.594. The number of rotatable bonds is 3. The standard InChI is InChI=1S/C16H25BrN2/c1-11-5-6-12(2)14(9-11)18-15-10-13(17)7-8-16(15)19(3)4/h7-8,10-12,14,18H,5-6,9H2,1-4H3. The molecule has 2 rings (SSSR count). The first kappa shape index (κ1) is 14.7. The van der Waals surface area contributed by atoms with Crippen LogP contribution >= 0.6 is 15.9 Å². The fourth-order valence-corrected chi connectivity index (χ4v) is 3.31. The van der Waals surface area contributed by atoms with Crippen LogP contribution < -0.4 is 10.2 Å². The summed E-state index contributed by atoms with van der Waals surface area (Å²) < 4.78 is 1.14. The van der Waals surface area contributed by atoms with Crippen LogP contribution in [0.1, 0.15) is 33.1 Å². The summed E-state index contributed by atoms with van der Waals surface area (Å²) in [5.74, 6) is 1.59. The summed E-state index contributed by atoms with van der Waals surface area (Å²) in [6, 6.07) is 7.06. The van der Waals surface area contributed by atoms with Crippen LogP contribution in [-0.4, -0.2) is 20.1 Å². The van der Waals surface area contributed by atoms with E-state index < -0.39 is 0 Å². The monoisotopic (exact) mass is 324 g/mol. The second kappa shape index (κ2) is 6.17. The summed E-state index contributed by atoms with van der Waals surface area (Å²) in [7, 11) is 4.20. The molecule has 0 bridgehead atoms. The van der Waals surface area contributed by atoms with Gasteiger partial charge >= 0.3 is 0 Å². The van der Waals surface area contributed by atoms with E-state index in [1.807, 2.05) is 0 Å². The normalized spacial score (nSPS) is 27.1. The first-order valence-electron chi connectivity index (χ1n) is 7.20. The van der Waals surface area contributed by atoms with Gasteiger partial charge < -0.3 is 10.2 Å². The Bertz CT molecular complexity index is 431. The number of hydrogen-bond donors (Lipinski definition) is 1. The van der Waals surface area contributed by atoms with Gasteiger partial charge in [0.1, 0.15) is 0 Å². The highest BCUT2D eigenvalue weighted by molar-refractivity contribution is 9.10. The Morgan fingerprint density at radius 2 is 1.95 bits per heavy atom. The SMILES string of the molecule is CC1CCC(C)C(Nc2cc(Br)ccc2N(C)C)C1. The van der Waals surface area contributed by atoms with E-state index in [-0.39, 0.29) is 0 Å². The van der Waals surface area contributed by atoms with Crippen molar-refractivity contribution in [2.24, 2.45) is 11.8 Å². The average Bonchev–Trinajstić information content (AvgIpc) is 2.33. The molecule has 2 nitrogen and oxygen atoms in total. The van der Waals surface area contributed by atoms with Gasteiger partial charge in [0.2, 0.25) is 0 Å². The summed E-state index contributed by atoms with van der Waals surface area (Å²) in [6.07, 6.45) is 3.99. The molecule has 3 unspecified atom stereocenters. The molecule has 1 saturated carbocycles. The molecular weight excluding hydrogens is 300 g/mol. The van der Waals surface area contributed by atoms with Gasteiger partial charge in [0, 0.05) is 24.6 Å². The van der Waals surface area contributed by atoms with Crippen LogP contribution in [0.4, 0.5) is 11.4 Å². The largest absolute Gasteiger partial charge is 0.380 e. The minimum absolute atomic E-state index is 0.594. The average molecular weight is 325 g/mol. The van der Waals surface area contributed by atoms with Crippen molar-refractivity contribution in [2.45, 2.75) is 39.2 Å². The fourth-order valence-electron chi connectivity index (χ4n) is 2.95. The van der Waals surface area contributed by atoms with Crippen molar-refractivity contribution in [3.8, 4) is 0 Å². The molecule has 0 aliphatic heterocycles. The Labute approximate surface area is 125 Å². The lowest BCUT2D eigenvalue weighted by Gasteiger charge is -2.35. The first-order valence-corrected chi connectivity index (χ1v) is 8.00. The first-order chi connectivity index (χ1) is 8.97. The van der Waals surface area contributed by atoms with Crippen LogP contribution in [0.2, 0.25) is 0 Å². The second-order valence-corrected chi connectivity index (χ2v) is 7.12. The Hall–Kier alpha value is -0.700. The number of halogens is 1. The third-order valence-corrected chi connectivity index (χ3v) is 4.73. The van der Waals surface area contributed by atoms with E-state index in [9.17, 15) is 0 Å². The van der Waals surface area contributed by atoms with E-state index in [2.05, 4.69) is 72.3 Å². The molecule has 0 aromatic heterocycles. The Morgan fingerprint density at radius 3 is 2.63 bits per heavy atom. The summed E-state index contributed by atoms with van der Waals surface area (Å²) >= 11 is 3.58. The summed E-state index contributed by atoms with van der Waals surface area (Å²) in [5.41, 5.74) is 2.50. The molecule has 3 heteroatoms. The number of nitrogens with zero attached hydrogens (tertiary/aromatic N) is 1. The van der Waals surface area contributed by atoms with E-state index in [4.69, 9.17) is 0 Å². The Balaban J connectivity index is 2.19. The molecule has 1 aliphatic rings. The highest BCUT2D eigenvalue weighted by Crippen LogP contribution is 2.34. The summed E-state index contributed by atoms with van der Waals surface area (Å²) in [5, 5.41) is 3.78. The lowest BCUT2D eigenvalue weighted by Crippen LogP contribution is -2.34. The predicted molar refractivity (Wildman–Crippen MR) is 88.1 cm³/mol. The van der Waals surface area contributed by atoms with Crippen molar-refractivity contribution in [1.29, 1.82) is 0 Å². The molecule has 1 N–H and O–H groups in total. The second-order valence-electron chi connectivity index (χ2n) is 6.20. The zero-order chi connectivity index (χ0) is 14.0. The Kier molecular flexibility index (Phi) is 4.77. The maximum absolute atomic E-state index is 3.78. The quantitative estimate of drug-likeness (QED) is 0.862. The van der Waals surface area contributed by atoms with Crippen LogP contribution in [0, 0.1) is 11.8 Å². The molecule has 0 spiro atoms. The maximum Gasteiger partial charge on any atom is 0.0597 e. The van der Waals surface area contributed by atoms with Crippen LogP contribution in [0.3, 0.4) is 0 Å². The number of nitrogens with one attached hydrogen (secondary N) is 1. The van der Waals surface area contributed by atoms with Crippen molar-refractivity contribution >= 4 is 27.3 Å². The van der Waals surface area contributed by atoms with Gasteiger partial charge in [0.05, 0.1) is 11.4 Å². The van der Waals surface area contributed by atoms with Gasteiger partial charge in [-0.1, -0.05) is 36.2 Å². The van der Waals surface area contributed by atoms with Gasteiger partial charge in [-0.3, -0.25) is 0 Å². The lowest BCUT2D eigenvalue weighted by molar-refractivity contribution is 0.281. The molecule has 3 atom stereocenters. The fraction of sp³-hybridized carbons (Fsp3) is 0.625. The number of anilines is 2. The Morgan fingerprint density at radius 1 is 1.21 bits per heavy atom. The van der Waals surface area contributed by atoms with Gasteiger partial charge in [0.15, 0.2) is 0 Å². The molecule has 1 fully saturated rings. The number of hydrogen-bond acceptors (Lipinski definition) is 2. The molecular formula is C16H25BrN2. The summed E-state index contributed by atoms with van der Waals surface area (Å²) in [6.45, 7) is 4.74. The lowest BCUT2D eigenvalue weighted by atomic mass is 9.80. The van der Waals surface area contributed by atoms with Gasteiger partial charge in [-0.15, -0.1) is 0 Å². The molecule has 0 saturated heterocycles. The molecule has 1 aromatic carbocycles.